The highest BCUT2D eigenvalue weighted by Crippen LogP contribution is 2.27. The number of halogens is 4. The van der Waals surface area contributed by atoms with E-state index in [2.05, 4.69) is 4.57 Å². The molecule has 2 rings (SSSR count). The van der Waals surface area contributed by atoms with Gasteiger partial charge in [-0.2, -0.15) is 0 Å². The molecule has 2 aromatic carbocycles. The molecule has 24 heavy (non-hydrogen) atoms. The lowest BCUT2D eigenvalue weighted by Crippen LogP contribution is -2.49. The van der Waals surface area contributed by atoms with Gasteiger partial charge in [-0.1, -0.05) is 38.1 Å². The number of nitrogens with zero attached hydrogens (tertiary/aromatic N) is 1. The Labute approximate surface area is 140 Å². The first kappa shape index (κ1) is 18.6. The molecular formula is C17H18F4NOSi. The minimum Gasteiger partial charge on any atom is -0.402 e. The lowest BCUT2D eigenvalue weighted by atomic mass is 10.0. The summed E-state index contributed by atoms with van der Waals surface area (Å²) in [6, 6.07) is 7.25. The summed E-state index contributed by atoms with van der Waals surface area (Å²) in [6.07, 6.45) is 0. The van der Waals surface area contributed by atoms with Gasteiger partial charge in [0, 0.05) is 12.7 Å². The van der Waals surface area contributed by atoms with Gasteiger partial charge in [0.15, 0.2) is 23.3 Å². The van der Waals surface area contributed by atoms with Crippen LogP contribution in [0.2, 0.25) is 0 Å². The third kappa shape index (κ3) is 3.53. The van der Waals surface area contributed by atoms with Crippen LogP contribution in [0.4, 0.5) is 17.6 Å². The summed E-state index contributed by atoms with van der Waals surface area (Å²) in [7, 11) is 0.229. The average Bonchev–Trinajstić information content (AvgIpc) is 2.61. The van der Waals surface area contributed by atoms with Crippen LogP contribution in [0, 0.1) is 23.3 Å². The summed E-state index contributed by atoms with van der Waals surface area (Å²) in [4.78, 5) is 0. The van der Waals surface area contributed by atoms with E-state index in [9.17, 15) is 17.6 Å². The third-order valence-electron chi connectivity index (χ3n) is 3.79. The van der Waals surface area contributed by atoms with Crippen LogP contribution in [-0.2, 0) is 4.43 Å². The van der Waals surface area contributed by atoms with Crippen molar-refractivity contribution in [2.75, 3.05) is 20.2 Å². The van der Waals surface area contributed by atoms with E-state index < -0.39 is 32.5 Å². The fourth-order valence-corrected chi connectivity index (χ4v) is 4.40. The maximum atomic E-state index is 13.9. The minimum atomic E-state index is -1.81. The lowest BCUT2D eigenvalue weighted by Gasteiger charge is -2.25. The zero-order valence-electron chi connectivity index (χ0n) is 13.7. The molecule has 7 heteroatoms. The Morgan fingerprint density at radius 3 is 2.00 bits per heavy atom. The Hall–Kier alpha value is -1.70. The Morgan fingerprint density at radius 2 is 1.50 bits per heavy atom. The fraction of sp³-hybridized carbons (Fsp3) is 0.294. The molecule has 0 spiro atoms. The lowest BCUT2D eigenvalue weighted by molar-refractivity contribution is 0.339. The van der Waals surface area contributed by atoms with Gasteiger partial charge in [0.25, 0.3) is 0 Å². The molecule has 2 nitrogen and oxygen atoms in total. The van der Waals surface area contributed by atoms with Crippen molar-refractivity contribution in [3.63, 3.8) is 0 Å². The van der Waals surface area contributed by atoms with E-state index in [1.54, 1.807) is 31.4 Å². The molecule has 0 saturated heterocycles. The molecule has 0 bridgehead atoms. The van der Waals surface area contributed by atoms with E-state index in [1.165, 1.54) is 0 Å². The van der Waals surface area contributed by atoms with Gasteiger partial charge in [-0.05, 0) is 29.9 Å². The SMILES string of the molecule is CCN(CC)[Si](OC)c1ccc(-c2cc(F)c(F)c(F)c2F)cc1. The smallest absolute Gasteiger partial charge is 0.343 e. The topological polar surface area (TPSA) is 12.5 Å². The second-order valence-electron chi connectivity index (χ2n) is 5.11. The zero-order chi connectivity index (χ0) is 17.9. The van der Waals surface area contributed by atoms with E-state index >= 15 is 0 Å². The first-order chi connectivity index (χ1) is 11.4. The Balaban J connectivity index is 2.40. The average molecular weight is 356 g/mol. The molecule has 0 unspecified atom stereocenters. The second kappa shape index (κ2) is 7.91. The molecule has 0 aromatic heterocycles. The fourth-order valence-electron chi connectivity index (χ4n) is 2.52. The summed E-state index contributed by atoms with van der Waals surface area (Å²) >= 11 is 0. The van der Waals surface area contributed by atoms with Gasteiger partial charge in [0.05, 0.1) is 0 Å². The quantitative estimate of drug-likeness (QED) is 0.339. The molecule has 1 radical (unpaired) electrons. The summed E-state index contributed by atoms with van der Waals surface area (Å²) in [5.41, 5.74) is -0.0435. The number of hydrogen-bond acceptors (Lipinski definition) is 2. The van der Waals surface area contributed by atoms with Crippen molar-refractivity contribution in [1.29, 1.82) is 0 Å². The molecule has 0 fully saturated rings. The molecule has 0 atom stereocenters. The predicted octanol–water partition coefficient (Wildman–Crippen LogP) is 3.59. The summed E-state index contributed by atoms with van der Waals surface area (Å²) < 4.78 is 61.5. The normalized spacial score (nSPS) is 11.5. The monoisotopic (exact) mass is 356 g/mol. The van der Waals surface area contributed by atoms with E-state index in [0.29, 0.717) is 6.07 Å². The molecule has 0 aliphatic carbocycles. The van der Waals surface area contributed by atoms with Crippen LogP contribution in [0.1, 0.15) is 13.8 Å². The van der Waals surface area contributed by atoms with Crippen molar-refractivity contribution in [2.45, 2.75) is 13.8 Å². The number of rotatable bonds is 6. The van der Waals surface area contributed by atoms with E-state index in [-0.39, 0.29) is 11.1 Å². The molecule has 0 aliphatic rings. The van der Waals surface area contributed by atoms with Gasteiger partial charge in [0.2, 0.25) is 0 Å². The van der Waals surface area contributed by atoms with Gasteiger partial charge in [-0.25, -0.2) is 17.6 Å². The molecule has 2 aromatic rings. The third-order valence-corrected chi connectivity index (χ3v) is 6.21. The van der Waals surface area contributed by atoms with E-state index in [0.717, 1.165) is 18.3 Å². The number of benzene rings is 2. The van der Waals surface area contributed by atoms with E-state index in [1.807, 2.05) is 13.8 Å². The highest BCUT2D eigenvalue weighted by atomic mass is 28.3. The minimum absolute atomic E-state index is 0.269. The highest BCUT2D eigenvalue weighted by Gasteiger charge is 2.23. The molecular weight excluding hydrogens is 338 g/mol. The highest BCUT2D eigenvalue weighted by molar-refractivity contribution is 6.64. The van der Waals surface area contributed by atoms with Crippen LogP contribution in [0.15, 0.2) is 30.3 Å². The van der Waals surface area contributed by atoms with Gasteiger partial charge in [-0.3, -0.25) is 4.57 Å². The van der Waals surface area contributed by atoms with Crippen LogP contribution >= 0.6 is 0 Å². The van der Waals surface area contributed by atoms with Crippen LogP contribution in [-0.4, -0.2) is 34.0 Å². The van der Waals surface area contributed by atoms with E-state index in [4.69, 9.17) is 4.43 Å². The van der Waals surface area contributed by atoms with Crippen molar-refractivity contribution in [3.8, 4) is 11.1 Å². The maximum absolute atomic E-state index is 13.9. The summed E-state index contributed by atoms with van der Waals surface area (Å²) in [6.45, 7) is 5.70. The molecule has 0 heterocycles. The van der Waals surface area contributed by atoms with Crippen LogP contribution in [0.25, 0.3) is 11.1 Å². The van der Waals surface area contributed by atoms with Crippen molar-refractivity contribution < 1.29 is 22.0 Å². The van der Waals surface area contributed by atoms with Gasteiger partial charge < -0.3 is 4.43 Å². The van der Waals surface area contributed by atoms with Crippen molar-refractivity contribution in [3.05, 3.63) is 53.6 Å². The first-order valence-corrected chi connectivity index (χ1v) is 8.89. The predicted molar refractivity (Wildman–Crippen MR) is 87.0 cm³/mol. The van der Waals surface area contributed by atoms with Crippen molar-refractivity contribution in [1.82, 2.24) is 4.57 Å². The van der Waals surface area contributed by atoms with Gasteiger partial charge >= 0.3 is 9.20 Å². The van der Waals surface area contributed by atoms with Crippen LogP contribution < -0.4 is 5.19 Å². The zero-order valence-corrected chi connectivity index (χ0v) is 14.7. The standard InChI is InChI=1S/C17H18F4NOSi/c1-4-22(5-2)24(23-3)12-8-6-11(7-9-12)13-10-14(18)16(20)17(21)15(13)19/h6-10H,4-5H2,1-3H3. The van der Waals surface area contributed by atoms with Crippen molar-refractivity contribution in [2.24, 2.45) is 0 Å². The largest absolute Gasteiger partial charge is 0.402 e. The molecule has 129 valence electrons. The molecule has 0 amide bonds. The summed E-state index contributed by atoms with van der Waals surface area (Å²) in [5, 5.41) is 0.929. The Kier molecular flexibility index (Phi) is 6.14. The van der Waals surface area contributed by atoms with Gasteiger partial charge in [0.1, 0.15) is 0 Å². The first-order valence-electron chi connectivity index (χ1n) is 7.54. The number of hydrogen-bond donors (Lipinski definition) is 0. The second-order valence-corrected chi connectivity index (χ2v) is 7.34. The molecule has 0 aliphatic heterocycles. The Morgan fingerprint density at radius 1 is 0.917 bits per heavy atom. The van der Waals surface area contributed by atoms with Crippen LogP contribution in [0.5, 0.6) is 0 Å². The molecule has 0 saturated carbocycles. The molecule has 0 N–H and O–H groups in total. The van der Waals surface area contributed by atoms with Crippen LogP contribution in [0.3, 0.4) is 0 Å². The van der Waals surface area contributed by atoms with Gasteiger partial charge in [-0.15, -0.1) is 0 Å². The maximum Gasteiger partial charge on any atom is 0.343 e. The summed E-state index contributed by atoms with van der Waals surface area (Å²) in [5.74, 6) is -6.43. The van der Waals surface area contributed by atoms with Crippen molar-refractivity contribution >= 4 is 14.4 Å². The Bertz CT molecular complexity index is 705.